The van der Waals surface area contributed by atoms with Crippen molar-refractivity contribution in [1.82, 2.24) is 69.4 Å². The number of imide groups is 4. The van der Waals surface area contributed by atoms with Gasteiger partial charge in [0.25, 0.3) is 23.6 Å². The van der Waals surface area contributed by atoms with Crippen molar-refractivity contribution in [3.05, 3.63) is 209 Å². The molecule has 5 N–H and O–H groups in total. The molecular weight excluding hydrogens is 1540 g/mol. The molecule has 18 rings (SSSR count). The Bertz CT molecular complexity index is 5480. The molecule has 30 nitrogen and oxygen atoms in total. The largest absolute Gasteiger partial charge is 0.385 e. The Morgan fingerprint density at radius 1 is 0.442 bits per heavy atom. The lowest BCUT2D eigenvalue weighted by atomic mass is 10.0. The number of ether oxygens (including phenoxy) is 2. The molecule has 10 aromatic rings. The van der Waals surface area contributed by atoms with Gasteiger partial charge in [-0.25, -0.2) is 42.1 Å². The zero-order valence-corrected chi connectivity index (χ0v) is 65.6. The van der Waals surface area contributed by atoms with E-state index in [-0.39, 0.29) is 79.1 Å². The number of pyridine rings is 2. The third-order valence-corrected chi connectivity index (χ3v) is 22.9. The number of carbonyl (C=O) groups is 8. The summed E-state index contributed by atoms with van der Waals surface area (Å²) in [7, 11) is 0. The molecule has 4 atom stereocenters. The van der Waals surface area contributed by atoms with Crippen LogP contribution in [0.15, 0.2) is 158 Å². The summed E-state index contributed by atoms with van der Waals surface area (Å²) in [6.07, 6.45) is 9.61. The zero-order chi connectivity index (χ0) is 82.2. The summed E-state index contributed by atoms with van der Waals surface area (Å²) in [5.41, 5.74) is 13.5. The van der Waals surface area contributed by atoms with Crippen LogP contribution < -0.4 is 41.3 Å². The van der Waals surface area contributed by atoms with Gasteiger partial charge in [-0.05, 0) is 178 Å². The lowest BCUT2D eigenvalue weighted by Gasteiger charge is -2.35. The van der Waals surface area contributed by atoms with E-state index in [1.807, 2.05) is 82.1 Å². The Morgan fingerprint density at radius 3 is 1.37 bits per heavy atom. The van der Waals surface area contributed by atoms with Gasteiger partial charge in [-0.15, -0.1) is 10.2 Å². The predicted molar refractivity (Wildman–Crippen MR) is 443 cm³/mol. The summed E-state index contributed by atoms with van der Waals surface area (Å²) >= 11 is 0. The van der Waals surface area contributed by atoms with Crippen molar-refractivity contribution >= 4 is 87.5 Å². The van der Waals surface area contributed by atoms with E-state index >= 15 is 0 Å². The summed E-state index contributed by atoms with van der Waals surface area (Å²) in [4.78, 5) is 132. The van der Waals surface area contributed by atoms with Gasteiger partial charge in [0, 0.05) is 117 Å². The topological polar surface area (TPSA) is 329 Å². The number of halogens is 3. The molecule has 6 aromatic heterocycles. The third-order valence-electron chi connectivity index (χ3n) is 22.9. The van der Waals surface area contributed by atoms with Gasteiger partial charge in [-0.3, -0.25) is 68.6 Å². The summed E-state index contributed by atoms with van der Waals surface area (Å²) in [5.74, 6) is -2.04. The smallest absolute Gasteiger partial charge is 0.262 e. The van der Waals surface area contributed by atoms with Crippen LogP contribution in [0, 0.1) is 17.5 Å². The second-order valence-electron chi connectivity index (χ2n) is 30.4. The molecule has 8 aliphatic rings. The van der Waals surface area contributed by atoms with Gasteiger partial charge < -0.3 is 40.1 Å². The number of fused-ring (bicyclic) bond motifs is 4. The summed E-state index contributed by atoms with van der Waals surface area (Å²) < 4.78 is 56.6. The molecule has 120 heavy (non-hydrogen) atoms. The zero-order valence-electron chi connectivity index (χ0n) is 65.6. The number of piperidine rings is 2. The molecular formula is C87H95F3N20O10. The number of aromatic nitrogens is 8. The summed E-state index contributed by atoms with van der Waals surface area (Å²) in [5, 5.41) is 17.6. The van der Waals surface area contributed by atoms with Crippen LogP contribution in [0.2, 0.25) is 0 Å². The van der Waals surface area contributed by atoms with Crippen LogP contribution in [0.1, 0.15) is 136 Å². The Balaban J connectivity index is 0.000000158. The molecule has 0 radical (unpaired) electrons. The van der Waals surface area contributed by atoms with Crippen molar-refractivity contribution in [3.8, 4) is 22.8 Å². The first-order valence-electron chi connectivity index (χ1n) is 40.6. The van der Waals surface area contributed by atoms with E-state index < -0.39 is 65.2 Å². The standard InChI is InChI=1S/C43H45FN10O5.C30H37FN8O.C13H9FN2O4.CH4/c44-29-6-1-5-28(25-29)34-8-3-17-52(34)39-14-13-37-46-27-36(54(37)49-39)33-7-2-9-38(47-33)51-20-18-50(19-21-51)22-24-59-23-4-16-45-30-10-11-31-32(26-30)43(58)53(42(31)57)35-12-15-40(55)48-41(35)56;31-24-6-1-5-23(21-24)26-8-3-13-38(26)30-11-10-28-33-22-27(39(28)35-30)25-7-2-9-29(34-25)37-16-14-36(15-17-37)18-20-40-19-4-12-32;14-6-1-2-7-8(5-6)13(20)16(12(7)19)9-3-4-10(17)15-11(9)18;/h1-2,5-7,9-11,13-14,25-27,34-35,45H,3-4,8,12,15-24H2,(H,48,55,56);1-2,5-7,9-11,21-22,26H,3-4,8,12-20,32H2;1-2,5,9H,3-4H2,(H,15,17,18);1H4/t34-,35?;26-;;/m11../s1. The van der Waals surface area contributed by atoms with Crippen LogP contribution in [0.5, 0.6) is 0 Å². The molecule has 6 fully saturated rings. The summed E-state index contributed by atoms with van der Waals surface area (Å²) in [6, 6.07) is 40.4. The van der Waals surface area contributed by atoms with E-state index in [2.05, 4.69) is 67.5 Å². The fourth-order valence-electron chi connectivity index (χ4n) is 16.7. The highest BCUT2D eigenvalue weighted by atomic mass is 19.1. The minimum absolute atomic E-state index is 0. The van der Waals surface area contributed by atoms with Gasteiger partial charge in [-0.2, -0.15) is 0 Å². The van der Waals surface area contributed by atoms with E-state index in [1.54, 1.807) is 42.5 Å². The fourth-order valence-corrected chi connectivity index (χ4v) is 16.7. The minimum atomic E-state index is -1.02. The van der Waals surface area contributed by atoms with Crippen molar-refractivity contribution in [2.75, 3.05) is 143 Å². The second-order valence-corrected chi connectivity index (χ2v) is 30.4. The van der Waals surface area contributed by atoms with Crippen molar-refractivity contribution in [2.24, 2.45) is 5.73 Å². The van der Waals surface area contributed by atoms with E-state index in [4.69, 9.17) is 35.4 Å². The number of anilines is 5. The maximum atomic E-state index is 14.1. The monoisotopic (exact) mass is 1640 g/mol. The predicted octanol–water partition coefficient (Wildman–Crippen LogP) is 8.94. The maximum Gasteiger partial charge on any atom is 0.262 e. The van der Waals surface area contributed by atoms with Gasteiger partial charge in [-0.1, -0.05) is 43.8 Å². The number of rotatable bonds is 24. The summed E-state index contributed by atoms with van der Waals surface area (Å²) in [6.45, 7) is 14.7. The Kier molecular flexibility index (Phi) is 25.7. The molecule has 0 saturated carbocycles. The molecule has 0 spiro atoms. The van der Waals surface area contributed by atoms with Crippen molar-refractivity contribution < 1.29 is 61.0 Å². The van der Waals surface area contributed by atoms with E-state index in [0.717, 1.165) is 221 Å². The van der Waals surface area contributed by atoms with Gasteiger partial charge in [0.15, 0.2) is 11.3 Å². The van der Waals surface area contributed by atoms with Crippen LogP contribution in [0.3, 0.4) is 0 Å². The number of nitrogens with one attached hydrogen (secondary N) is 3. The molecule has 0 aliphatic carbocycles. The number of piperazine rings is 2. The first-order valence-corrected chi connectivity index (χ1v) is 40.6. The molecule has 4 aromatic carbocycles. The quantitative estimate of drug-likeness (QED) is 0.0324. The molecule has 14 heterocycles. The van der Waals surface area contributed by atoms with Crippen LogP contribution in [-0.2, 0) is 28.7 Å². The molecule has 2 unspecified atom stereocenters. The highest BCUT2D eigenvalue weighted by molar-refractivity contribution is 6.24. The first-order chi connectivity index (χ1) is 58.0. The van der Waals surface area contributed by atoms with Gasteiger partial charge >= 0.3 is 0 Å². The molecule has 624 valence electrons. The minimum Gasteiger partial charge on any atom is -0.385 e. The Labute approximate surface area is 690 Å². The molecule has 8 aliphatic heterocycles. The highest BCUT2D eigenvalue weighted by Gasteiger charge is 2.47. The van der Waals surface area contributed by atoms with Crippen molar-refractivity contribution in [1.29, 1.82) is 0 Å². The van der Waals surface area contributed by atoms with E-state index in [9.17, 15) is 51.5 Å². The van der Waals surface area contributed by atoms with Crippen LogP contribution >= 0.6 is 0 Å². The number of nitrogens with two attached hydrogens (primary N) is 1. The number of hydrogen-bond donors (Lipinski definition) is 4. The van der Waals surface area contributed by atoms with E-state index in [1.165, 1.54) is 18.2 Å². The fraction of sp³-hybridized carbons (Fsp3) is 0.379. The van der Waals surface area contributed by atoms with Crippen LogP contribution in [0.4, 0.5) is 42.1 Å². The van der Waals surface area contributed by atoms with Gasteiger partial charge in [0.1, 0.15) is 64.2 Å². The number of nitrogens with zero attached hydrogens (tertiary/aromatic N) is 16. The average Bonchev–Trinajstić information content (AvgIpc) is 1.62. The normalized spacial score (nSPS) is 19.5. The van der Waals surface area contributed by atoms with Crippen LogP contribution in [0.25, 0.3) is 34.1 Å². The number of carbonyl (C=O) groups excluding carboxylic acids is 8. The lowest BCUT2D eigenvalue weighted by Crippen LogP contribution is -2.54. The van der Waals surface area contributed by atoms with Gasteiger partial charge in [0.2, 0.25) is 23.6 Å². The molecule has 0 bridgehead atoms. The van der Waals surface area contributed by atoms with Crippen molar-refractivity contribution in [2.45, 2.75) is 95.8 Å². The Hall–Kier alpha value is -12.4. The molecule has 6 saturated heterocycles. The van der Waals surface area contributed by atoms with Crippen molar-refractivity contribution in [3.63, 3.8) is 0 Å². The average molecular weight is 1640 g/mol. The number of benzene rings is 4. The van der Waals surface area contributed by atoms with Gasteiger partial charge in [0.05, 0.1) is 71.3 Å². The second kappa shape index (κ2) is 37.2. The van der Waals surface area contributed by atoms with Crippen LogP contribution in [-0.4, -0.2) is 236 Å². The number of imidazole rings is 2. The maximum absolute atomic E-state index is 14.1. The Morgan fingerprint density at radius 2 is 0.892 bits per heavy atom. The number of hydrogen-bond acceptors (Lipinski definition) is 24. The third kappa shape index (κ3) is 18.1. The first kappa shape index (κ1) is 82.7. The molecule has 33 heteroatoms. The number of amides is 8. The lowest BCUT2D eigenvalue weighted by molar-refractivity contribution is -0.137. The molecule has 8 amide bonds. The van der Waals surface area contributed by atoms with E-state index in [0.29, 0.717) is 32.0 Å². The highest BCUT2D eigenvalue weighted by Crippen LogP contribution is 2.39. The SMILES string of the molecule is C.NCCCOCCN1CCN(c2cccc(-c3cnc4ccc(N5CCC[C@@H]5c5cccc(F)c5)nn34)n2)CC1.O=C1CCC(N2C(=O)c3ccc(F)cc3C2=O)C(=O)N1.O=C1CCC(N2C(=O)c3ccc(NCCCOCCN4CCN(c5cccc(-c6cnc7ccc(N8CCC[C@@H]8c8cccc(F)c8)nn67)n5)CC4)cc3C2=O)C(=O)N1.